The molecule has 1 aromatic heterocycles. The second-order valence-electron chi connectivity index (χ2n) is 5.37. The molecule has 0 bridgehead atoms. The van der Waals surface area contributed by atoms with E-state index in [0.717, 1.165) is 10.4 Å². The number of thiophene rings is 1. The molecule has 0 aliphatic rings. The van der Waals surface area contributed by atoms with E-state index in [1.165, 1.54) is 17.0 Å². The lowest BCUT2D eigenvalue weighted by atomic mass is 9.95. The van der Waals surface area contributed by atoms with Gasteiger partial charge in [0.15, 0.2) is 0 Å². The molecule has 0 radical (unpaired) electrons. The minimum atomic E-state index is -0.276. The molecule has 1 unspecified atom stereocenters. The Morgan fingerprint density at radius 1 is 1.17 bits per heavy atom. The Morgan fingerprint density at radius 3 is 2.44 bits per heavy atom. The summed E-state index contributed by atoms with van der Waals surface area (Å²) in [6.07, 6.45) is 0. The lowest BCUT2D eigenvalue weighted by Gasteiger charge is -2.15. The molecule has 2 rings (SSSR count). The summed E-state index contributed by atoms with van der Waals surface area (Å²) in [6, 6.07) is 10.6. The summed E-state index contributed by atoms with van der Waals surface area (Å²) in [7, 11) is 0. The third-order valence-electron chi connectivity index (χ3n) is 2.76. The van der Waals surface area contributed by atoms with Crippen LogP contribution >= 0.6 is 22.9 Å². The van der Waals surface area contributed by atoms with Crippen molar-refractivity contribution in [2.45, 2.75) is 31.6 Å². The highest BCUT2D eigenvalue weighted by molar-refractivity contribution is 7.12. The van der Waals surface area contributed by atoms with Crippen LogP contribution < -0.4 is 0 Å². The first-order valence-electron chi connectivity index (χ1n) is 5.87. The maximum Gasteiger partial charge on any atom is 0.123 e. The van der Waals surface area contributed by atoms with E-state index in [4.69, 9.17) is 11.6 Å². The average molecular weight is 283 g/mol. The van der Waals surface area contributed by atoms with Crippen molar-refractivity contribution in [2.75, 3.05) is 0 Å². The highest BCUT2D eigenvalue weighted by Crippen LogP contribution is 2.37. The normalized spacial score (nSPS) is 13.6. The summed E-state index contributed by atoms with van der Waals surface area (Å²) in [5, 5.41) is -0.276. The highest BCUT2D eigenvalue weighted by Gasteiger charge is 2.19. The van der Waals surface area contributed by atoms with Crippen LogP contribution in [-0.2, 0) is 5.41 Å². The van der Waals surface area contributed by atoms with Crippen LogP contribution in [-0.4, -0.2) is 0 Å². The largest absolute Gasteiger partial charge is 0.207 e. The summed E-state index contributed by atoms with van der Waals surface area (Å²) in [4.78, 5) is 2.35. The molecule has 0 saturated carbocycles. The molecule has 0 nitrogen and oxygen atoms in total. The van der Waals surface area contributed by atoms with Crippen LogP contribution in [0.15, 0.2) is 36.4 Å². The van der Waals surface area contributed by atoms with Gasteiger partial charge in [0, 0.05) is 9.75 Å². The standard InChI is InChI=1S/C15H16ClFS/c1-15(2,3)13-8-7-12(18-13)14(16)10-5-4-6-11(17)9-10/h4-9,14H,1-3H3. The zero-order chi connectivity index (χ0) is 13.3. The SMILES string of the molecule is CC(C)(C)c1ccc(C(Cl)c2cccc(F)c2)s1. The first kappa shape index (κ1) is 13.6. The maximum absolute atomic E-state index is 13.2. The molecular weight excluding hydrogens is 267 g/mol. The van der Waals surface area contributed by atoms with Gasteiger partial charge in [0.2, 0.25) is 0 Å². The Hall–Kier alpha value is -0.860. The Kier molecular flexibility index (Phi) is 3.79. The third kappa shape index (κ3) is 2.93. The van der Waals surface area contributed by atoms with Crippen molar-refractivity contribution in [3.63, 3.8) is 0 Å². The van der Waals surface area contributed by atoms with Gasteiger partial charge < -0.3 is 0 Å². The monoisotopic (exact) mass is 282 g/mol. The molecule has 18 heavy (non-hydrogen) atoms. The van der Waals surface area contributed by atoms with E-state index < -0.39 is 0 Å². The molecule has 0 fully saturated rings. The van der Waals surface area contributed by atoms with Gasteiger partial charge in [-0.15, -0.1) is 22.9 Å². The van der Waals surface area contributed by atoms with Gasteiger partial charge in [0.05, 0.1) is 5.38 Å². The lowest BCUT2D eigenvalue weighted by Crippen LogP contribution is -2.07. The van der Waals surface area contributed by atoms with Crippen molar-refractivity contribution < 1.29 is 4.39 Å². The van der Waals surface area contributed by atoms with Gasteiger partial charge in [0.1, 0.15) is 5.82 Å². The number of alkyl halides is 1. The van der Waals surface area contributed by atoms with Gasteiger partial charge in [-0.1, -0.05) is 32.9 Å². The predicted molar refractivity (Wildman–Crippen MR) is 77.1 cm³/mol. The fourth-order valence-corrected chi connectivity index (χ4v) is 3.13. The second-order valence-corrected chi connectivity index (χ2v) is 6.92. The zero-order valence-corrected chi connectivity index (χ0v) is 12.3. The number of benzene rings is 1. The van der Waals surface area contributed by atoms with Crippen LogP contribution in [0.5, 0.6) is 0 Å². The molecule has 0 spiro atoms. The topological polar surface area (TPSA) is 0 Å². The van der Waals surface area contributed by atoms with E-state index in [-0.39, 0.29) is 16.6 Å². The van der Waals surface area contributed by atoms with E-state index in [1.54, 1.807) is 17.4 Å². The molecule has 0 aliphatic carbocycles. The van der Waals surface area contributed by atoms with Crippen LogP contribution in [0.1, 0.15) is 41.5 Å². The van der Waals surface area contributed by atoms with Crippen molar-refractivity contribution in [2.24, 2.45) is 0 Å². The Balaban J connectivity index is 2.29. The number of halogens is 2. The van der Waals surface area contributed by atoms with Crippen LogP contribution in [0.3, 0.4) is 0 Å². The quantitative estimate of drug-likeness (QED) is 0.637. The van der Waals surface area contributed by atoms with Gasteiger partial charge in [0.25, 0.3) is 0 Å². The summed E-state index contributed by atoms with van der Waals surface area (Å²) in [5.41, 5.74) is 0.931. The van der Waals surface area contributed by atoms with E-state index in [9.17, 15) is 4.39 Å². The predicted octanol–water partition coefficient (Wildman–Crippen LogP) is 5.51. The van der Waals surface area contributed by atoms with Gasteiger partial charge in [-0.3, -0.25) is 0 Å². The number of hydrogen-bond donors (Lipinski definition) is 0. The minimum absolute atomic E-state index is 0.126. The summed E-state index contributed by atoms with van der Waals surface area (Å²) >= 11 is 8.10. The minimum Gasteiger partial charge on any atom is -0.207 e. The number of hydrogen-bond acceptors (Lipinski definition) is 1. The fourth-order valence-electron chi connectivity index (χ4n) is 1.72. The van der Waals surface area contributed by atoms with Gasteiger partial charge in [-0.2, -0.15) is 0 Å². The molecule has 0 amide bonds. The summed E-state index contributed by atoms with van der Waals surface area (Å²) in [6.45, 7) is 6.52. The summed E-state index contributed by atoms with van der Waals surface area (Å²) in [5.74, 6) is -0.245. The molecule has 0 N–H and O–H groups in total. The highest BCUT2D eigenvalue weighted by atomic mass is 35.5. The van der Waals surface area contributed by atoms with Crippen molar-refractivity contribution >= 4 is 22.9 Å². The van der Waals surface area contributed by atoms with Crippen LogP contribution in [0.2, 0.25) is 0 Å². The zero-order valence-electron chi connectivity index (χ0n) is 10.7. The molecule has 3 heteroatoms. The van der Waals surface area contributed by atoms with E-state index >= 15 is 0 Å². The van der Waals surface area contributed by atoms with Crippen LogP contribution in [0.4, 0.5) is 4.39 Å². The molecule has 1 atom stereocenters. The molecule has 96 valence electrons. The summed E-state index contributed by atoms with van der Waals surface area (Å²) < 4.78 is 13.2. The Bertz CT molecular complexity index is 539. The van der Waals surface area contributed by atoms with Crippen LogP contribution in [0.25, 0.3) is 0 Å². The van der Waals surface area contributed by atoms with E-state index in [0.29, 0.717) is 0 Å². The average Bonchev–Trinajstić information content (AvgIpc) is 2.77. The molecule has 0 aliphatic heterocycles. The Morgan fingerprint density at radius 2 is 1.89 bits per heavy atom. The first-order chi connectivity index (χ1) is 8.38. The molecule has 1 heterocycles. The first-order valence-corrected chi connectivity index (χ1v) is 7.13. The molecule has 1 aromatic carbocycles. The van der Waals surface area contributed by atoms with E-state index in [1.807, 2.05) is 12.1 Å². The fraction of sp³-hybridized carbons (Fsp3) is 0.333. The lowest BCUT2D eigenvalue weighted by molar-refractivity contribution is 0.604. The molecular formula is C15H16ClFS. The molecule has 2 aromatic rings. The van der Waals surface area contributed by atoms with Gasteiger partial charge in [-0.25, -0.2) is 4.39 Å². The van der Waals surface area contributed by atoms with Crippen molar-refractivity contribution in [3.8, 4) is 0 Å². The Labute approximate surface area is 116 Å². The van der Waals surface area contributed by atoms with Crippen molar-refractivity contribution in [1.82, 2.24) is 0 Å². The second kappa shape index (κ2) is 5.02. The van der Waals surface area contributed by atoms with E-state index in [2.05, 4.69) is 26.8 Å². The van der Waals surface area contributed by atoms with Crippen LogP contribution in [0, 0.1) is 5.82 Å². The van der Waals surface area contributed by atoms with Crippen molar-refractivity contribution in [1.29, 1.82) is 0 Å². The van der Waals surface area contributed by atoms with Gasteiger partial charge in [-0.05, 0) is 35.2 Å². The maximum atomic E-state index is 13.2. The number of rotatable bonds is 2. The molecule has 0 saturated heterocycles. The third-order valence-corrected chi connectivity index (χ3v) is 4.95. The van der Waals surface area contributed by atoms with Crippen molar-refractivity contribution in [3.05, 3.63) is 57.5 Å². The smallest absolute Gasteiger partial charge is 0.123 e. The van der Waals surface area contributed by atoms with Gasteiger partial charge >= 0.3 is 0 Å².